The van der Waals surface area contributed by atoms with Crippen LogP contribution in [0, 0.1) is 5.92 Å². The van der Waals surface area contributed by atoms with Crippen molar-refractivity contribution in [2.45, 2.75) is 52.9 Å². The summed E-state index contributed by atoms with van der Waals surface area (Å²) in [7, 11) is 0. The fraction of sp³-hybridized carbons (Fsp3) is 0.833. The molecule has 0 fully saturated rings. The van der Waals surface area contributed by atoms with Gasteiger partial charge in [-0.1, -0.05) is 46.6 Å². The van der Waals surface area contributed by atoms with E-state index in [1.165, 1.54) is 31.4 Å². The average molecular weight is 183 g/mol. The van der Waals surface area contributed by atoms with Crippen LogP contribution in [-0.4, -0.2) is 6.54 Å². The molecule has 0 aromatic heterocycles. The van der Waals surface area contributed by atoms with E-state index < -0.39 is 0 Å². The van der Waals surface area contributed by atoms with E-state index in [0.717, 1.165) is 18.9 Å². The summed E-state index contributed by atoms with van der Waals surface area (Å²) in [5.41, 5.74) is 1.17. The highest BCUT2D eigenvalue weighted by atomic mass is 14.9. The molecule has 0 saturated heterocycles. The lowest BCUT2D eigenvalue weighted by Gasteiger charge is -2.09. The molecular weight excluding hydrogens is 158 g/mol. The quantitative estimate of drug-likeness (QED) is 0.566. The zero-order valence-corrected chi connectivity index (χ0v) is 9.53. The normalized spacial score (nSPS) is 12.5. The van der Waals surface area contributed by atoms with Crippen molar-refractivity contribution in [2.75, 3.05) is 6.54 Å². The minimum absolute atomic E-state index is 0.898. The van der Waals surface area contributed by atoms with Crippen LogP contribution in [0.5, 0.6) is 0 Å². The van der Waals surface area contributed by atoms with Crippen molar-refractivity contribution in [1.29, 1.82) is 0 Å². The van der Waals surface area contributed by atoms with Gasteiger partial charge in [0.05, 0.1) is 0 Å². The lowest BCUT2D eigenvalue weighted by Crippen LogP contribution is -2.13. The standard InChI is InChI=1S/C12H25N/c1-5-11(3)9-7-8-10-13-12(4)6-2/h11,13H,4-10H2,1-3H3. The topological polar surface area (TPSA) is 12.0 Å². The van der Waals surface area contributed by atoms with Crippen molar-refractivity contribution in [1.82, 2.24) is 5.32 Å². The predicted molar refractivity (Wildman–Crippen MR) is 60.7 cm³/mol. The molecule has 0 amide bonds. The Hall–Kier alpha value is -0.460. The van der Waals surface area contributed by atoms with Gasteiger partial charge in [-0.3, -0.25) is 0 Å². The van der Waals surface area contributed by atoms with Gasteiger partial charge in [0.15, 0.2) is 0 Å². The van der Waals surface area contributed by atoms with Gasteiger partial charge in [-0.15, -0.1) is 0 Å². The Morgan fingerprint density at radius 1 is 1.31 bits per heavy atom. The number of hydrogen-bond donors (Lipinski definition) is 1. The molecule has 1 nitrogen and oxygen atoms in total. The van der Waals surface area contributed by atoms with Crippen molar-refractivity contribution in [2.24, 2.45) is 5.92 Å². The van der Waals surface area contributed by atoms with Gasteiger partial charge in [-0.25, -0.2) is 0 Å². The lowest BCUT2D eigenvalue weighted by molar-refractivity contribution is 0.481. The average Bonchev–Trinajstić information content (AvgIpc) is 2.16. The van der Waals surface area contributed by atoms with Crippen molar-refractivity contribution in [3.05, 3.63) is 12.3 Å². The number of rotatable bonds is 8. The third-order valence-corrected chi connectivity index (χ3v) is 2.62. The Balaban J connectivity index is 3.12. The molecule has 1 atom stereocenters. The molecule has 0 aromatic rings. The van der Waals surface area contributed by atoms with Crippen LogP contribution in [0.1, 0.15) is 52.9 Å². The van der Waals surface area contributed by atoms with E-state index in [0.29, 0.717) is 0 Å². The first-order chi connectivity index (χ1) is 6.20. The van der Waals surface area contributed by atoms with Crippen molar-refractivity contribution >= 4 is 0 Å². The first-order valence-corrected chi connectivity index (χ1v) is 5.62. The molecule has 0 saturated carbocycles. The molecule has 0 aliphatic carbocycles. The first kappa shape index (κ1) is 12.5. The highest BCUT2D eigenvalue weighted by Crippen LogP contribution is 2.10. The minimum atomic E-state index is 0.898. The highest BCUT2D eigenvalue weighted by Gasteiger charge is 1.97. The second-order valence-corrected chi connectivity index (χ2v) is 3.89. The van der Waals surface area contributed by atoms with Gasteiger partial charge >= 0.3 is 0 Å². The van der Waals surface area contributed by atoms with Crippen LogP contribution in [0.15, 0.2) is 12.3 Å². The van der Waals surface area contributed by atoms with Crippen molar-refractivity contribution in [3.63, 3.8) is 0 Å². The maximum absolute atomic E-state index is 3.91. The Kier molecular flexibility index (Phi) is 7.86. The van der Waals surface area contributed by atoms with Crippen LogP contribution in [0.4, 0.5) is 0 Å². The molecule has 78 valence electrons. The van der Waals surface area contributed by atoms with Gasteiger partial charge in [0.25, 0.3) is 0 Å². The maximum atomic E-state index is 3.91. The molecule has 0 rings (SSSR count). The van der Waals surface area contributed by atoms with Gasteiger partial charge in [0.2, 0.25) is 0 Å². The van der Waals surface area contributed by atoms with E-state index in [2.05, 4.69) is 32.7 Å². The summed E-state index contributed by atoms with van der Waals surface area (Å²) in [5, 5.41) is 3.33. The first-order valence-electron chi connectivity index (χ1n) is 5.62. The summed E-state index contributed by atoms with van der Waals surface area (Å²) >= 11 is 0. The van der Waals surface area contributed by atoms with Crippen LogP contribution in [0.25, 0.3) is 0 Å². The molecule has 0 aliphatic rings. The second-order valence-electron chi connectivity index (χ2n) is 3.89. The van der Waals surface area contributed by atoms with E-state index in [-0.39, 0.29) is 0 Å². The Morgan fingerprint density at radius 2 is 2.00 bits per heavy atom. The molecule has 13 heavy (non-hydrogen) atoms. The molecule has 0 spiro atoms. The number of hydrogen-bond acceptors (Lipinski definition) is 1. The summed E-state index contributed by atoms with van der Waals surface area (Å²) < 4.78 is 0. The Bertz CT molecular complexity index is 129. The molecule has 0 aromatic carbocycles. The van der Waals surface area contributed by atoms with E-state index in [1.807, 2.05) is 0 Å². The number of nitrogens with one attached hydrogen (secondary N) is 1. The third kappa shape index (κ3) is 7.89. The smallest absolute Gasteiger partial charge is 0.0143 e. The van der Waals surface area contributed by atoms with Crippen LogP contribution in [0.3, 0.4) is 0 Å². The van der Waals surface area contributed by atoms with Gasteiger partial charge in [-0.05, 0) is 18.8 Å². The fourth-order valence-electron chi connectivity index (χ4n) is 1.21. The van der Waals surface area contributed by atoms with E-state index in [9.17, 15) is 0 Å². The minimum Gasteiger partial charge on any atom is -0.389 e. The lowest BCUT2D eigenvalue weighted by atomic mass is 10.0. The SMILES string of the molecule is C=C(CC)NCCCCC(C)CC. The monoisotopic (exact) mass is 183 g/mol. The van der Waals surface area contributed by atoms with E-state index in [4.69, 9.17) is 0 Å². The zero-order chi connectivity index (χ0) is 10.1. The summed E-state index contributed by atoms with van der Waals surface area (Å²) in [4.78, 5) is 0. The van der Waals surface area contributed by atoms with Crippen LogP contribution in [0.2, 0.25) is 0 Å². The van der Waals surface area contributed by atoms with Crippen molar-refractivity contribution in [3.8, 4) is 0 Å². The molecule has 0 bridgehead atoms. The highest BCUT2D eigenvalue weighted by molar-refractivity contribution is 4.88. The van der Waals surface area contributed by atoms with E-state index >= 15 is 0 Å². The molecule has 1 heteroatoms. The molecule has 1 N–H and O–H groups in total. The fourth-order valence-corrected chi connectivity index (χ4v) is 1.21. The third-order valence-electron chi connectivity index (χ3n) is 2.62. The summed E-state index contributed by atoms with van der Waals surface area (Å²) in [6, 6.07) is 0. The molecular formula is C12H25N. The number of allylic oxidation sites excluding steroid dienone is 1. The van der Waals surface area contributed by atoms with E-state index in [1.54, 1.807) is 0 Å². The van der Waals surface area contributed by atoms with Gasteiger partial charge in [-0.2, -0.15) is 0 Å². The Labute approximate surface area is 83.6 Å². The number of unbranched alkanes of at least 4 members (excludes halogenated alkanes) is 1. The van der Waals surface area contributed by atoms with Crippen LogP contribution >= 0.6 is 0 Å². The molecule has 1 unspecified atom stereocenters. The maximum Gasteiger partial charge on any atom is 0.0143 e. The van der Waals surface area contributed by atoms with Gasteiger partial charge in [0.1, 0.15) is 0 Å². The summed E-state index contributed by atoms with van der Waals surface area (Å²) in [6.07, 6.45) is 6.36. The van der Waals surface area contributed by atoms with Gasteiger partial charge in [0, 0.05) is 12.2 Å². The molecule has 0 heterocycles. The second kappa shape index (κ2) is 8.15. The molecule has 0 radical (unpaired) electrons. The van der Waals surface area contributed by atoms with Crippen molar-refractivity contribution < 1.29 is 0 Å². The Morgan fingerprint density at radius 3 is 2.54 bits per heavy atom. The zero-order valence-electron chi connectivity index (χ0n) is 9.53. The largest absolute Gasteiger partial charge is 0.389 e. The summed E-state index contributed by atoms with van der Waals surface area (Å²) in [6.45, 7) is 11.7. The van der Waals surface area contributed by atoms with Gasteiger partial charge < -0.3 is 5.32 Å². The summed E-state index contributed by atoms with van der Waals surface area (Å²) in [5.74, 6) is 0.898. The van der Waals surface area contributed by atoms with Crippen LogP contribution < -0.4 is 5.32 Å². The van der Waals surface area contributed by atoms with Crippen LogP contribution in [-0.2, 0) is 0 Å². The molecule has 0 aliphatic heterocycles. The predicted octanol–water partition coefficient (Wildman–Crippen LogP) is 3.72.